The minimum absolute atomic E-state index is 0.0318. The SMILES string of the molecule is COc1cccc(CCC(=O)NC(C)(CC(=O)O)C(C)C)c1. The maximum absolute atomic E-state index is 12.1. The first-order valence-corrected chi connectivity index (χ1v) is 7.42. The van der Waals surface area contributed by atoms with E-state index in [0.717, 1.165) is 11.3 Å². The van der Waals surface area contributed by atoms with Crippen LogP contribution in [-0.2, 0) is 16.0 Å². The Balaban J connectivity index is 2.62. The number of benzene rings is 1. The van der Waals surface area contributed by atoms with Crippen LogP contribution < -0.4 is 10.1 Å². The summed E-state index contributed by atoms with van der Waals surface area (Å²) < 4.78 is 5.15. The summed E-state index contributed by atoms with van der Waals surface area (Å²) in [4.78, 5) is 23.1. The van der Waals surface area contributed by atoms with Crippen molar-refractivity contribution in [2.24, 2.45) is 5.92 Å². The fraction of sp³-hybridized carbons (Fsp3) is 0.529. The van der Waals surface area contributed by atoms with E-state index in [1.807, 2.05) is 38.1 Å². The fourth-order valence-corrected chi connectivity index (χ4v) is 2.17. The monoisotopic (exact) mass is 307 g/mol. The highest BCUT2D eigenvalue weighted by atomic mass is 16.5. The molecule has 122 valence electrons. The predicted molar refractivity (Wildman–Crippen MR) is 85.0 cm³/mol. The van der Waals surface area contributed by atoms with Crippen molar-refractivity contribution in [2.45, 2.75) is 45.6 Å². The normalized spacial score (nSPS) is 13.5. The van der Waals surface area contributed by atoms with E-state index in [1.54, 1.807) is 14.0 Å². The highest BCUT2D eigenvalue weighted by Crippen LogP contribution is 2.21. The molecule has 1 aromatic carbocycles. The third-order valence-electron chi connectivity index (χ3n) is 3.99. The molecule has 5 nitrogen and oxygen atoms in total. The van der Waals surface area contributed by atoms with Gasteiger partial charge >= 0.3 is 5.97 Å². The van der Waals surface area contributed by atoms with Crippen molar-refractivity contribution in [3.05, 3.63) is 29.8 Å². The lowest BCUT2D eigenvalue weighted by molar-refractivity contribution is -0.139. The van der Waals surface area contributed by atoms with Crippen molar-refractivity contribution in [2.75, 3.05) is 7.11 Å². The molecule has 0 saturated heterocycles. The van der Waals surface area contributed by atoms with Gasteiger partial charge < -0.3 is 15.2 Å². The van der Waals surface area contributed by atoms with Gasteiger partial charge in [-0.25, -0.2) is 0 Å². The maximum Gasteiger partial charge on any atom is 0.305 e. The molecule has 0 bridgehead atoms. The van der Waals surface area contributed by atoms with Crippen molar-refractivity contribution in [3.63, 3.8) is 0 Å². The molecular formula is C17H25NO4. The van der Waals surface area contributed by atoms with E-state index in [2.05, 4.69) is 5.32 Å². The summed E-state index contributed by atoms with van der Waals surface area (Å²) >= 11 is 0. The van der Waals surface area contributed by atoms with Gasteiger partial charge in [0.15, 0.2) is 0 Å². The number of nitrogens with one attached hydrogen (secondary N) is 1. The number of hydrogen-bond donors (Lipinski definition) is 2. The molecule has 0 fully saturated rings. The Kier molecular flexibility index (Phi) is 6.40. The van der Waals surface area contributed by atoms with E-state index >= 15 is 0 Å². The number of hydrogen-bond acceptors (Lipinski definition) is 3. The summed E-state index contributed by atoms with van der Waals surface area (Å²) in [6, 6.07) is 7.57. The molecule has 1 aromatic rings. The standard InChI is InChI=1S/C17H25NO4/c1-12(2)17(3,11-16(20)21)18-15(19)9-8-13-6-5-7-14(10-13)22-4/h5-7,10,12H,8-9,11H2,1-4H3,(H,18,19)(H,20,21). The third-order valence-corrected chi connectivity index (χ3v) is 3.99. The number of aryl methyl sites for hydroxylation is 1. The van der Waals surface area contributed by atoms with E-state index < -0.39 is 11.5 Å². The molecule has 0 heterocycles. The molecule has 1 unspecified atom stereocenters. The van der Waals surface area contributed by atoms with E-state index in [0.29, 0.717) is 12.8 Å². The van der Waals surface area contributed by atoms with Crippen LogP contribution in [0.5, 0.6) is 5.75 Å². The molecule has 1 rings (SSSR count). The summed E-state index contributed by atoms with van der Waals surface area (Å²) in [5, 5.41) is 11.9. The van der Waals surface area contributed by atoms with Crippen molar-refractivity contribution in [3.8, 4) is 5.75 Å². The van der Waals surface area contributed by atoms with Gasteiger partial charge in [0.1, 0.15) is 5.75 Å². The zero-order valence-corrected chi connectivity index (χ0v) is 13.7. The summed E-state index contributed by atoms with van der Waals surface area (Å²) in [5.74, 6) is -0.260. The van der Waals surface area contributed by atoms with E-state index in [1.165, 1.54) is 0 Å². The Morgan fingerprint density at radius 1 is 1.36 bits per heavy atom. The second-order valence-electron chi connectivity index (χ2n) is 6.04. The quantitative estimate of drug-likeness (QED) is 0.774. The smallest absolute Gasteiger partial charge is 0.305 e. The Morgan fingerprint density at radius 2 is 2.05 bits per heavy atom. The molecule has 0 aliphatic rings. The van der Waals surface area contributed by atoms with Crippen LogP contribution in [0.3, 0.4) is 0 Å². The lowest BCUT2D eigenvalue weighted by Crippen LogP contribution is -2.51. The molecule has 0 radical (unpaired) electrons. The van der Waals surface area contributed by atoms with Crippen molar-refractivity contribution in [1.29, 1.82) is 0 Å². The number of carboxylic acid groups (broad SMARTS) is 1. The van der Waals surface area contributed by atoms with Crippen LogP contribution in [0.4, 0.5) is 0 Å². The molecule has 0 saturated carbocycles. The third kappa shape index (κ3) is 5.39. The molecule has 22 heavy (non-hydrogen) atoms. The number of carbonyl (C=O) groups is 2. The molecule has 1 atom stereocenters. The van der Waals surface area contributed by atoms with Crippen LogP contribution in [0.25, 0.3) is 0 Å². The Labute approximate surface area is 131 Å². The second-order valence-corrected chi connectivity index (χ2v) is 6.04. The van der Waals surface area contributed by atoms with Gasteiger partial charge in [-0.2, -0.15) is 0 Å². The number of methoxy groups -OCH3 is 1. The molecule has 5 heteroatoms. The van der Waals surface area contributed by atoms with Crippen molar-refractivity contribution >= 4 is 11.9 Å². The lowest BCUT2D eigenvalue weighted by Gasteiger charge is -2.33. The number of ether oxygens (including phenoxy) is 1. The van der Waals surface area contributed by atoms with Gasteiger partial charge in [-0.1, -0.05) is 26.0 Å². The number of amides is 1. The Hall–Kier alpha value is -2.04. The second kappa shape index (κ2) is 7.82. The van der Waals surface area contributed by atoms with E-state index in [9.17, 15) is 9.59 Å². The Bertz CT molecular complexity index is 527. The van der Waals surface area contributed by atoms with Crippen LogP contribution in [0.1, 0.15) is 39.2 Å². The molecule has 1 amide bonds. The highest BCUT2D eigenvalue weighted by molar-refractivity contribution is 5.78. The van der Waals surface area contributed by atoms with Gasteiger partial charge in [-0.15, -0.1) is 0 Å². The molecule has 0 aliphatic heterocycles. The minimum Gasteiger partial charge on any atom is -0.497 e. The van der Waals surface area contributed by atoms with Crippen LogP contribution in [0.2, 0.25) is 0 Å². The molecule has 0 aliphatic carbocycles. The Morgan fingerprint density at radius 3 is 2.59 bits per heavy atom. The van der Waals surface area contributed by atoms with E-state index in [4.69, 9.17) is 9.84 Å². The van der Waals surface area contributed by atoms with E-state index in [-0.39, 0.29) is 18.2 Å². The predicted octanol–water partition coefficient (Wildman–Crippen LogP) is 2.63. The molecule has 0 spiro atoms. The maximum atomic E-state index is 12.1. The van der Waals surface area contributed by atoms with Gasteiger partial charge in [-0.3, -0.25) is 9.59 Å². The topological polar surface area (TPSA) is 75.6 Å². The van der Waals surface area contributed by atoms with Crippen LogP contribution >= 0.6 is 0 Å². The number of aliphatic carboxylic acids is 1. The van der Waals surface area contributed by atoms with Crippen molar-refractivity contribution < 1.29 is 19.4 Å². The highest BCUT2D eigenvalue weighted by Gasteiger charge is 2.32. The number of carboxylic acids is 1. The van der Waals surface area contributed by atoms with Gasteiger partial charge in [0.05, 0.1) is 13.5 Å². The summed E-state index contributed by atoms with van der Waals surface area (Å²) in [7, 11) is 1.60. The number of rotatable bonds is 8. The van der Waals surface area contributed by atoms with Crippen LogP contribution in [-0.4, -0.2) is 29.6 Å². The zero-order valence-electron chi connectivity index (χ0n) is 13.7. The number of carbonyl (C=O) groups excluding carboxylic acids is 1. The minimum atomic E-state index is -0.913. The van der Waals surface area contributed by atoms with Gasteiger partial charge in [0, 0.05) is 12.0 Å². The lowest BCUT2D eigenvalue weighted by atomic mass is 9.85. The summed E-state index contributed by atoms with van der Waals surface area (Å²) in [5.41, 5.74) is 0.274. The largest absolute Gasteiger partial charge is 0.497 e. The van der Waals surface area contributed by atoms with Gasteiger partial charge in [0.2, 0.25) is 5.91 Å². The van der Waals surface area contributed by atoms with Crippen LogP contribution in [0, 0.1) is 5.92 Å². The summed E-state index contributed by atoms with van der Waals surface area (Å²) in [6.45, 7) is 5.59. The van der Waals surface area contributed by atoms with Crippen molar-refractivity contribution in [1.82, 2.24) is 5.32 Å². The first-order chi connectivity index (χ1) is 10.3. The first kappa shape index (κ1) is 18.0. The van der Waals surface area contributed by atoms with Crippen LogP contribution in [0.15, 0.2) is 24.3 Å². The summed E-state index contributed by atoms with van der Waals surface area (Å²) in [6.07, 6.45) is 0.814. The molecule has 0 aromatic heterocycles. The van der Waals surface area contributed by atoms with Gasteiger partial charge in [0.25, 0.3) is 0 Å². The van der Waals surface area contributed by atoms with Gasteiger partial charge in [-0.05, 0) is 37.0 Å². The zero-order chi connectivity index (χ0) is 16.8. The average molecular weight is 307 g/mol. The average Bonchev–Trinajstić information content (AvgIpc) is 2.44. The molecule has 2 N–H and O–H groups in total. The molecular weight excluding hydrogens is 282 g/mol. The fourth-order valence-electron chi connectivity index (χ4n) is 2.17. The first-order valence-electron chi connectivity index (χ1n) is 7.42.